The molecule has 0 aliphatic carbocycles. The first-order valence-electron chi connectivity index (χ1n) is 7.57. The maximum absolute atomic E-state index is 11.9. The molecule has 22 heavy (non-hydrogen) atoms. The Morgan fingerprint density at radius 2 is 2.09 bits per heavy atom. The lowest BCUT2D eigenvalue weighted by atomic mass is 10.1. The van der Waals surface area contributed by atoms with Crippen molar-refractivity contribution in [3.05, 3.63) is 30.0 Å². The normalized spacial score (nSPS) is 10.5. The third-order valence-corrected chi connectivity index (χ3v) is 3.14. The van der Waals surface area contributed by atoms with Crippen LogP contribution in [0.25, 0.3) is 11.3 Å². The van der Waals surface area contributed by atoms with Gasteiger partial charge in [-0.25, -0.2) is 4.79 Å². The van der Waals surface area contributed by atoms with Crippen molar-refractivity contribution in [2.45, 2.75) is 33.1 Å². The second-order valence-corrected chi connectivity index (χ2v) is 4.82. The number of aromatic nitrogens is 3. The number of H-pyrrole nitrogens is 1. The van der Waals surface area contributed by atoms with Crippen molar-refractivity contribution in [2.24, 2.45) is 0 Å². The Bertz CT molecular complexity index is 610. The van der Waals surface area contributed by atoms with Gasteiger partial charge in [0.1, 0.15) is 11.4 Å². The number of ether oxygens (including phenoxy) is 2. The summed E-state index contributed by atoms with van der Waals surface area (Å²) in [5.41, 5.74) is 1.42. The van der Waals surface area contributed by atoms with Crippen molar-refractivity contribution in [1.82, 2.24) is 15.4 Å². The smallest absolute Gasteiger partial charge is 0.361 e. The molecule has 1 aromatic heterocycles. The van der Waals surface area contributed by atoms with Crippen molar-refractivity contribution in [2.75, 3.05) is 13.2 Å². The highest BCUT2D eigenvalue weighted by Crippen LogP contribution is 2.24. The number of benzene rings is 1. The van der Waals surface area contributed by atoms with E-state index in [0.29, 0.717) is 18.9 Å². The maximum Gasteiger partial charge on any atom is 0.361 e. The average molecular weight is 303 g/mol. The number of nitrogens with zero attached hydrogens (tertiary/aromatic N) is 2. The molecule has 1 N–H and O–H groups in total. The summed E-state index contributed by atoms with van der Waals surface area (Å²) in [5, 5.41) is 10.4. The third kappa shape index (κ3) is 4.07. The zero-order valence-electron chi connectivity index (χ0n) is 13.0. The monoisotopic (exact) mass is 303 g/mol. The predicted octanol–water partition coefficient (Wildman–Crippen LogP) is 3.22. The molecule has 6 nitrogen and oxygen atoms in total. The molecule has 0 atom stereocenters. The van der Waals surface area contributed by atoms with Crippen LogP contribution < -0.4 is 4.74 Å². The molecular formula is C16H21N3O3. The Kier molecular flexibility index (Phi) is 5.94. The summed E-state index contributed by atoms with van der Waals surface area (Å²) in [6.45, 7) is 4.89. The molecule has 1 aromatic carbocycles. The molecule has 0 bridgehead atoms. The summed E-state index contributed by atoms with van der Waals surface area (Å²) < 4.78 is 10.7. The molecule has 0 aliphatic heterocycles. The van der Waals surface area contributed by atoms with E-state index in [1.165, 1.54) is 0 Å². The molecule has 0 unspecified atom stereocenters. The molecule has 0 radical (unpaired) electrons. The zero-order chi connectivity index (χ0) is 15.8. The van der Waals surface area contributed by atoms with Crippen LogP contribution in [-0.4, -0.2) is 34.6 Å². The fourth-order valence-corrected chi connectivity index (χ4v) is 2.05. The molecule has 6 heteroatoms. The highest BCUT2D eigenvalue weighted by atomic mass is 16.5. The second-order valence-electron chi connectivity index (χ2n) is 4.82. The highest BCUT2D eigenvalue weighted by molar-refractivity contribution is 5.93. The van der Waals surface area contributed by atoms with Crippen LogP contribution in [0.1, 0.15) is 43.6 Å². The van der Waals surface area contributed by atoms with Gasteiger partial charge in [0.25, 0.3) is 0 Å². The predicted molar refractivity (Wildman–Crippen MR) is 82.8 cm³/mol. The van der Waals surface area contributed by atoms with Gasteiger partial charge in [0.15, 0.2) is 5.69 Å². The first-order chi connectivity index (χ1) is 10.8. The summed E-state index contributed by atoms with van der Waals surface area (Å²) in [7, 11) is 0. The fraction of sp³-hybridized carbons (Fsp3) is 0.438. The third-order valence-electron chi connectivity index (χ3n) is 3.14. The molecular weight excluding hydrogens is 282 g/mol. The van der Waals surface area contributed by atoms with E-state index in [-0.39, 0.29) is 5.69 Å². The minimum atomic E-state index is -0.486. The number of esters is 1. The molecule has 0 fully saturated rings. The lowest BCUT2D eigenvalue weighted by Crippen LogP contribution is -2.06. The number of unbranched alkanes of at least 4 members (excludes halogenated alkanes) is 2. The van der Waals surface area contributed by atoms with E-state index < -0.39 is 5.97 Å². The van der Waals surface area contributed by atoms with Crippen molar-refractivity contribution in [3.8, 4) is 17.0 Å². The van der Waals surface area contributed by atoms with Crippen LogP contribution in [0.15, 0.2) is 24.3 Å². The fourth-order valence-electron chi connectivity index (χ4n) is 2.05. The van der Waals surface area contributed by atoms with Gasteiger partial charge in [-0.3, -0.25) is 0 Å². The Hall–Kier alpha value is -2.37. The molecule has 0 saturated heterocycles. The second kappa shape index (κ2) is 8.17. The number of nitrogens with one attached hydrogen (secondary N) is 1. The van der Waals surface area contributed by atoms with Crippen LogP contribution >= 0.6 is 0 Å². The molecule has 2 rings (SSSR count). The van der Waals surface area contributed by atoms with E-state index in [1.54, 1.807) is 6.92 Å². The number of rotatable bonds is 8. The largest absolute Gasteiger partial charge is 0.494 e. The first-order valence-corrected chi connectivity index (χ1v) is 7.57. The van der Waals surface area contributed by atoms with Gasteiger partial charge < -0.3 is 9.47 Å². The molecule has 0 spiro atoms. The van der Waals surface area contributed by atoms with Gasteiger partial charge in [-0.2, -0.15) is 10.3 Å². The lowest BCUT2D eigenvalue weighted by molar-refractivity contribution is 0.0520. The Morgan fingerprint density at radius 1 is 1.23 bits per heavy atom. The minimum absolute atomic E-state index is 0.185. The van der Waals surface area contributed by atoms with Gasteiger partial charge >= 0.3 is 5.97 Å². The van der Waals surface area contributed by atoms with E-state index in [9.17, 15) is 4.79 Å². The summed E-state index contributed by atoms with van der Waals surface area (Å²) in [5.74, 6) is 0.270. The van der Waals surface area contributed by atoms with Gasteiger partial charge in [0, 0.05) is 5.56 Å². The topological polar surface area (TPSA) is 77.1 Å². The van der Waals surface area contributed by atoms with Crippen molar-refractivity contribution < 1.29 is 14.3 Å². The summed E-state index contributed by atoms with van der Waals surface area (Å²) in [6, 6.07) is 7.47. The average Bonchev–Trinajstić information content (AvgIpc) is 3.02. The number of carbonyl (C=O) groups is 1. The van der Waals surface area contributed by atoms with Gasteiger partial charge in [-0.05, 0) is 25.5 Å². The Labute approximate surface area is 129 Å². The van der Waals surface area contributed by atoms with Gasteiger partial charge in [0.2, 0.25) is 0 Å². The lowest BCUT2D eigenvalue weighted by Gasteiger charge is -2.07. The van der Waals surface area contributed by atoms with Gasteiger partial charge in [-0.15, -0.1) is 5.10 Å². The number of hydrogen-bond donors (Lipinski definition) is 1. The van der Waals surface area contributed by atoms with Crippen molar-refractivity contribution >= 4 is 5.97 Å². The van der Waals surface area contributed by atoms with Crippen LogP contribution in [0.2, 0.25) is 0 Å². The van der Waals surface area contributed by atoms with Gasteiger partial charge in [0.05, 0.1) is 13.2 Å². The summed E-state index contributed by atoms with van der Waals surface area (Å²) in [4.78, 5) is 11.9. The molecule has 0 aliphatic rings. The minimum Gasteiger partial charge on any atom is -0.494 e. The maximum atomic E-state index is 11.9. The molecule has 2 aromatic rings. The van der Waals surface area contributed by atoms with Crippen LogP contribution in [0.3, 0.4) is 0 Å². The number of aromatic amines is 1. The van der Waals surface area contributed by atoms with Crippen molar-refractivity contribution in [1.29, 1.82) is 0 Å². The quantitative estimate of drug-likeness (QED) is 0.598. The molecule has 1 heterocycles. The van der Waals surface area contributed by atoms with E-state index in [0.717, 1.165) is 30.6 Å². The van der Waals surface area contributed by atoms with Crippen LogP contribution in [-0.2, 0) is 4.74 Å². The summed E-state index contributed by atoms with van der Waals surface area (Å²) >= 11 is 0. The summed E-state index contributed by atoms with van der Waals surface area (Å²) in [6.07, 6.45) is 3.33. The van der Waals surface area contributed by atoms with E-state index >= 15 is 0 Å². The number of carbonyl (C=O) groups excluding carboxylic acids is 1. The Balaban J connectivity index is 2.13. The SMILES string of the molecule is CCCCCOc1cccc(-c2n[nH]nc2C(=O)OCC)c1. The van der Waals surface area contributed by atoms with Crippen LogP contribution in [0, 0.1) is 0 Å². The molecule has 118 valence electrons. The first kappa shape index (κ1) is 16.0. The number of hydrogen-bond acceptors (Lipinski definition) is 5. The zero-order valence-corrected chi connectivity index (χ0v) is 13.0. The van der Waals surface area contributed by atoms with Gasteiger partial charge in [-0.1, -0.05) is 31.9 Å². The van der Waals surface area contributed by atoms with Crippen LogP contribution in [0.5, 0.6) is 5.75 Å². The standard InChI is InChI=1S/C16H21N3O3/c1-3-5-6-10-22-13-9-7-8-12(11-13)14-15(18-19-17-14)16(20)21-4-2/h7-9,11H,3-6,10H2,1-2H3,(H,17,18,19). The van der Waals surface area contributed by atoms with E-state index in [4.69, 9.17) is 9.47 Å². The van der Waals surface area contributed by atoms with E-state index in [1.807, 2.05) is 24.3 Å². The van der Waals surface area contributed by atoms with E-state index in [2.05, 4.69) is 22.3 Å². The van der Waals surface area contributed by atoms with Crippen LogP contribution in [0.4, 0.5) is 0 Å². The molecule has 0 amide bonds. The Morgan fingerprint density at radius 3 is 2.86 bits per heavy atom. The van der Waals surface area contributed by atoms with Crippen molar-refractivity contribution in [3.63, 3.8) is 0 Å². The highest BCUT2D eigenvalue weighted by Gasteiger charge is 2.19. The molecule has 0 saturated carbocycles.